The van der Waals surface area contributed by atoms with Crippen molar-refractivity contribution in [1.82, 2.24) is 5.32 Å². The number of hydrogen-bond donors (Lipinski definition) is 2. The Balaban J connectivity index is 1.79. The molecule has 2 rings (SSSR count). The first kappa shape index (κ1) is 12.2. The number of hydrogen-bond acceptors (Lipinski definition) is 3. The summed E-state index contributed by atoms with van der Waals surface area (Å²) in [5.41, 5.74) is 0.929. The molecule has 1 heterocycles. The van der Waals surface area contributed by atoms with Crippen LogP contribution in [0.2, 0.25) is 0 Å². The van der Waals surface area contributed by atoms with Crippen LogP contribution in [-0.2, 0) is 4.79 Å². The van der Waals surface area contributed by atoms with Gasteiger partial charge in [-0.1, -0.05) is 18.2 Å². The molecule has 0 saturated carbocycles. The molecule has 0 radical (unpaired) electrons. The maximum atomic E-state index is 11.7. The van der Waals surface area contributed by atoms with Gasteiger partial charge in [0.15, 0.2) is 0 Å². The lowest BCUT2D eigenvalue weighted by Gasteiger charge is -2.12. The molecule has 0 aliphatic carbocycles. The van der Waals surface area contributed by atoms with Gasteiger partial charge in [0.25, 0.3) is 0 Å². The van der Waals surface area contributed by atoms with Gasteiger partial charge in [-0.2, -0.15) is 0 Å². The van der Waals surface area contributed by atoms with Crippen molar-refractivity contribution < 1.29 is 9.21 Å². The van der Waals surface area contributed by atoms with Gasteiger partial charge < -0.3 is 15.1 Å². The van der Waals surface area contributed by atoms with Gasteiger partial charge in [0.1, 0.15) is 5.76 Å². The Kier molecular flexibility index (Phi) is 4.02. The second-order valence-electron chi connectivity index (χ2n) is 4.02. The summed E-state index contributed by atoms with van der Waals surface area (Å²) in [7, 11) is 0. The van der Waals surface area contributed by atoms with Crippen LogP contribution in [0.15, 0.2) is 53.1 Å². The van der Waals surface area contributed by atoms with E-state index in [1.54, 1.807) is 12.3 Å². The molecule has 1 atom stereocenters. The van der Waals surface area contributed by atoms with Crippen LogP contribution in [0.3, 0.4) is 0 Å². The molecule has 1 aromatic heterocycles. The zero-order valence-corrected chi connectivity index (χ0v) is 10.2. The Labute approximate surface area is 106 Å². The molecule has 0 unspecified atom stereocenters. The van der Waals surface area contributed by atoms with Crippen LogP contribution in [-0.4, -0.2) is 12.5 Å². The molecule has 0 spiro atoms. The second-order valence-corrected chi connectivity index (χ2v) is 4.02. The molecule has 94 valence electrons. The third-order valence-electron chi connectivity index (χ3n) is 2.57. The van der Waals surface area contributed by atoms with Gasteiger partial charge in [0, 0.05) is 5.69 Å². The average molecular weight is 244 g/mol. The van der Waals surface area contributed by atoms with Gasteiger partial charge >= 0.3 is 0 Å². The van der Waals surface area contributed by atoms with E-state index in [4.69, 9.17) is 4.42 Å². The number of amides is 1. The maximum Gasteiger partial charge on any atom is 0.239 e. The van der Waals surface area contributed by atoms with Crippen LogP contribution in [0.5, 0.6) is 0 Å². The van der Waals surface area contributed by atoms with E-state index in [-0.39, 0.29) is 18.5 Å². The summed E-state index contributed by atoms with van der Waals surface area (Å²) in [5.74, 6) is 0.686. The molecule has 0 aliphatic rings. The highest BCUT2D eigenvalue weighted by Crippen LogP contribution is 2.11. The highest BCUT2D eigenvalue weighted by molar-refractivity contribution is 5.80. The number of anilines is 1. The zero-order valence-electron chi connectivity index (χ0n) is 10.2. The Bertz CT molecular complexity index is 480. The summed E-state index contributed by atoms with van der Waals surface area (Å²) >= 11 is 0. The molecule has 2 N–H and O–H groups in total. The number of carbonyl (C=O) groups excluding carboxylic acids is 1. The number of nitrogens with one attached hydrogen (secondary N) is 2. The summed E-state index contributed by atoms with van der Waals surface area (Å²) in [4.78, 5) is 11.7. The van der Waals surface area contributed by atoms with Gasteiger partial charge in [-0.15, -0.1) is 0 Å². The molecule has 2 aromatic rings. The first-order valence-electron chi connectivity index (χ1n) is 5.87. The molecule has 0 fully saturated rings. The highest BCUT2D eigenvalue weighted by Gasteiger charge is 2.11. The number of rotatable bonds is 5. The molecule has 1 aromatic carbocycles. The summed E-state index contributed by atoms with van der Waals surface area (Å²) in [6.07, 6.45) is 1.60. The Morgan fingerprint density at radius 2 is 2.00 bits per heavy atom. The van der Waals surface area contributed by atoms with Crippen LogP contribution in [0.25, 0.3) is 0 Å². The molecule has 0 aliphatic heterocycles. The Morgan fingerprint density at radius 3 is 2.67 bits per heavy atom. The molecule has 4 heteroatoms. The van der Waals surface area contributed by atoms with Gasteiger partial charge in [-0.05, 0) is 31.2 Å². The van der Waals surface area contributed by atoms with E-state index in [1.807, 2.05) is 43.3 Å². The van der Waals surface area contributed by atoms with Crippen LogP contribution in [0.1, 0.15) is 18.7 Å². The Morgan fingerprint density at radius 1 is 1.22 bits per heavy atom. The molecule has 1 amide bonds. The summed E-state index contributed by atoms with van der Waals surface area (Å²) in [5, 5.41) is 5.91. The van der Waals surface area contributed by atoms with Crippen molar-refractivity contribution in [3.8, 4) is 0 Å². The molecule has 18 heavy (non-hydrogen) atoms. The SMILES string of the molecule is C[C@H](NC(=O)CNc1ccccc1)c1ccco1. The smallest absolute Gasteiger partial charge is 0.239 e. The minimum absolute atomic E-state index is 0.0669. The predicted molar refractivity (Wildman–Crippen MR) is 70.2 cm³/mol. The normalized spacial score (nSPS) is 11.8. The van der Waals surface area contributed by atoms with Crippen molar-refractivity contribution in [2.75, 3.05) is 11.9 Å². The predicted octanol–water partition coefficient (Wildman–Crippen LogP) is 2.57. The summed E-state index contributed by atoms with van der Waals surface area (Å²) in [6, 6.07) is 13.1. The van der Waals surface area contributed by atoms with Crippen molar-refractivity contribution in [2.24, 2.45) is 0 Å². The fourth-order valence-electron chi connectivity index (χ4n) is 1.64. The number of carbonyl (C=O) groups is 1. The van der Waals surface area contributed by atoms with Crippen LogP contribution in [0, 0.1) is 0 Å². The topological polar surface area (TPSA) is 54.3 Å². The minimum Gasteiger partial charge on any atom is -0.467 e. The largest absolute Gasteiger partial charge is 0.467 e. The standard InChI is InChI=1S/C14H16N2O2/c1-11(13-8-5-9-18-13)16-14(17)10-15-12-6-3-2-4-7-12/h2-9,11,15H,10H2,1H3,(H,16,17)/t11-/m0/s1. The number of benzene rings is 1. The quantitative estimate of drug-likeness (QED) is 0.850. The maximum absolute atomic E-state index is 11.7. The minimum atomic E-state index is -0.120. The van der Waals surface area contributed by atoms with Crippen molar-refractivity contribution in [3.05, 3.63) is 54.5 Å². The molecule has 0 bridgehead atoms. The number of furan rings is 1. The van der Waals surface area contributed by atoms with E-state index >= 15 is 0 Å². The van der Waals surface area contributed by atoms with E-state index in [1.165, 1.54) is 0 Å². The monoisotopic (exact) mass is 244 g/mol. The van der Waals surface area contributed by atoms with E-state index in [0.29, 0.717) is 0 Å². The van der Waals surface area contributed by atoms with Crippen LogP contribution < -0.4 is 10.6 Å². The third kappa shape index (κ3) is 3.38. The fourth-order valence-corrected chi connectivity index (χ4v) is 1.64. The first-order valence-corrected chi connectivity index (χ1v) is 5.87. The van der Waals surface area contributed by atoms with Gasteiger partial charge in [0.05, 0.1) is 18.8 Å². The molecular weight excluding hydrogens is 228 g/mol. The molecule has 4 nitrogen and oxygen atoms in total. The van der Waals surface area contributed by atoms with E-state index in [2.05, 4.69) is 10.6 Å². The van der Waals surface area contributed by atoms with Gasteiger partial charge in [-0.3, -0.25) is 4.79 Å². The lowest BCUT2D eigenvalue weighted by atomic mass is 10.2. The van der Waals surface area contributed by atoms with Crippen molar-refractivity contribution >= 4 is 11.6 Å². The molecule has 0 saturated heterocycles. The highest BCUT2D eigenvalue weighted by atomic mass is 16.3. The Hall–Kier alpha value is -2.23. The van der Waals surface area contributed by atoms with Crippen molar-refractivity contribution in [1.29, 1.82) is 0 Å². The fraction of sp³-hybridized carbons (Fsp3) is 0.214. The number of para-hydroxylation sites is 1. The summed E-state index contributed by atoms with van der Waals surface area (Å²) in [6.45, 7) is 2.13. The third-order valence-corrected chi connectivity index (χ3v) is 2.57. The van der Waals surface area contributed by atoms with Crippen molar-refractivity contribution in [2.45, 2.75) is 13.0 Å². The summed E-state index contributed by atoms with van der Waals surface area (Å²) < 4.78 is 5.22. The van der Waals surface area contributed by atoms with E-state index in [0.717, 1.165) is 11.4 Å². The lowest BCUT2D eigenvalue weighted by molar-refractivity contribution is -0.120. The van der Waals surface area contributed by atoms with E-state index in [9.17, 15) is 4.79 Å². The second kappa shape index (κ2) is 5.91. The zero-order chi connectivity index (χ0) is 12.8. The van der Waals surface area contributed by atoms with E-state index < -0.39 is 0 Å². The van der Waals surface area contributed by atoms with Crippen LogP contribution in [0.4, 0.5) is 5.69 Å². The van der Waals surface area contributed by atoms with Crippen LogP contribution >= 0.6 is 0 Å². The average Bonchev–Trinajstić information content (AvgIpc) is 2.91. The lowest BCUT2D eigenvalue weighted by Crippen LogP contribution is -2.31. The van der Waals surface area contributed by atoms with Crippen molar-refractivity contribution in [3.63, 3.8) is 0 Å². The van der Waals surface area contributed by atoms with Gasteiger partial charge in [-0.25, -0.2) is 0 Å². The molecular formula is C14H16N2O2. The first-order chi connectivity index (χ1) is 8.75. The van der Waals surface area contributed by atoms with Gasteiger partial charge in [0.2, 0.25) is 5.91 Å².